The van der Waals surface area contributed by atoms with Crippen LogP contribution in [-0.4, -0.2) is 19.0 Å². The molecule has 1 amide bonds. The Labute approximate surface area is 171 Å². The summed E-state index contributed by atoms with van der Waals surface area (Å²) in [6.07, 6.45) is 0. The maximum atomic E-state index is 13.0. The van der Waals surface area contributed by atoms with E-state index in [1.807, 2.05) is 30.3 Å². The number of amides is 1. The highest BCUT2D eigenvalue weighted by atomic mass is 16.5. The van der Waals surface area contributed by atoms with Gasteiger partial charge in [0, 0.05) is 16.6 Å². The number of nitrogens with one attached hydrogen (secondary N) is 1. The van der Waals surface area contributed by atoms with Crippen LogP contribution in [0.25, 0.3) is 21.9 Å². The van der Waals surface area contributed by atoms with Crippen molar-refractivity contribution in [3.8, 4) is 11.1 Å². The predicted molar refractivity (Wildman–Crippen MR) is 114 cm³/mol. The van der Waals surface area contributed by atoms with Crippen molar-refractivity contribution in [1.29, 1.82) is 0 Å². The van der Waals surface area contributed by atoms with Gasteiger partial charge in [0.05, 0.1) is 18.1 Å². The quantitative estimate of drug-likeness (QED) is 0.511. The van der Waals surface area contributed by atoms with Crippen LogP contribution in [0.3, 0.4) is 0 Å². The number of methoxy groups -OCH3 is 1. The molecule has 0 spiro atoms. The fourth-order valence-corrected chi connectivity index (χ4v) is 3.25. The number of ether oxygens (including phenoxy) is 1. The Morgan fingerprint density at radius 2 is 1.47 bits per heavy atom. The Morgan fingerprint density at radius 1 is 0.833 bits per heavy atom. The monoisotopic (exact) mass is 399 g/mol. The Balaban J connectivity index is 1.79. The molecule has 1 N–H and O–H groups in total. The molecule has 0 unspecified atom stereocenters. The van der Waals surface area contributed by atoms with Crippen LogP contribution in [0, 0.1) is 0 Å². The molecule has 0 aliphatic heterocycles. The van der Waals surface area contributed by atoms with Gasteiger partial charge >= 0.3 is 11.6 Å². The van der Waals surface area contributed by atoms with Gasteiger partial charge in [0.1, 0.15) is 0 Å². The second kappa shape index (κ2) is 8.05. The summed E-state index contributed by atoms with van der Waals surface area (Å²) in [6.45, 7) is 0. The third-order valence-electron chi connectivity index (χ3n) is 4.67. The molecule has 6 nitrogen and oxygen atoms in total. The molecule has 0 saturated heterocycles. The van der Waals surface area contributed by atoms with Gasteiger partial charge in [-0.1, -0.05) is 48.5 Å². The summed E-state index contributed by atoms with van der Waals surface area (Å²) in [4.78, 5) is 37.1. The van der Waals surface area contributed by atoms with Gasteiger partial charge < -0.3 is 14.5 Å². The maximum absolute atomic E-state index is 13.0. The van der Waals surface area contributed by atoms with Gasteiger partial charge in [-0.05, 0) is 35.9 Å². The average molecular weight is 399 g/mol. The van der Waals surface area contributed by atoms with Gasteiger partial charge in [-0.3, -0.25) is 4.79 Å². The smallest absolute Gasteiger partial charge is 0.344 e. The molecule has 0 radical (unpaired) electrons. The molecule has 148 valence electrons. The van der Waals surface area contributed by atoms with Gasteiger partial charge in [-0.15, -0.1) is 0 Å². The van der Waals surface area contributed by atoms with E-state index in [1.54, 1.807) is 36.4 Å². The van der Waals surface area contributed by atoms with Crippen LogP contribution in [0.2, 0.25) is 0 Å². The van der Waals surface area contributed by atoms with Crippen molar-refractivity contribution in [2.24, 2.45) is 0 Å². The Morgan fingerprint density at radius 3 is 2.13 bits per heavy atom. The predicted octanol–water partition coefficient (Wildman–Crippen LogP) is 4.50. The van der Waals surface area contributed by atoms with Gasteiger partial charge in [-0.2, -0.15) is 0 Å². The SMILES string of the molecule is COC(=O)c1ccc(NC(=O)c2oc(=O)c3ccccc3c2-c2ccccc2)cc1. The Hall–Kier alpha value is -4.19. The number of hydrogen-bond acceptors (Lipinski definition) is 5. The van der Waals surface area contributed by atoms with Gasteiger partial charge in [0.25, 0.3) is 5.91 Å². The largest absolute Gasteiger partial charge is 0.465 e. The number of carbonyl (C=O) groups is 2. The van der Waals surface area contributed by atoms with E-state index in [0.29, 0.717) is 27.6 Å². The van der Waals surface area contributed by atoms with Gasteiger partial charge in [0.15, 0.2) is 0 Å². The lowest BCUT2D eigenvalue weighted by Crippen LogP contribution is -2.17. The minimum absolute atomic E-state index is 0.0815. The molecule has 30 heavy (non-hydrogen) atoms. The standard InChI is InChI=1S/C24H17NO5/c1-29-23(27)16-11-13-17(14-12-16)25-22(26)21-20(15-7-3-2-4-8-15)18-9-5-6-10-19(18)24(28)30-21/h2-14H,1H3,(H,25,26). The van der Waals surface area contributed by atoms with Gasteiger partial charge in [-0.25, -0.2) is 9.59 Å². The topological polar surface area (TPSA) is 85.6 Å². The van der Waals surface area contributed by atoms with Crippen LogP contribution in [0.1, 0.15) is 20.9 Å². The normalized spacial score (nSPS) is 10.6. The highest BCUT2D eigenvalue weighted by Crippen LogP contribution is 2.31. The first-order valence-corrected chi connectivity index (χ1v) is 9.19. The van der Waals surface area contributed by atoms with Crippen LogP contribution in [0.15, 0.2) is 88.1 Å². The number of carbonyl (C=O) groups excluding carboxylic acids is 2. The van der Waals surface area contributed by atoms with Crippen LogP contribution in [-0.2, 0) is 4.74 Å². The van der Waals surface area contributed by atoms with Crippen molar-refractivity contribution in [2.45, 2.75) is 0 Å². The fourth-order valence-electron chi connectivity index (χ4n) is 3.25. The van der Waals surface area contributed by atoms with Crippen molar-refractivity contribution in [2.75, 3.05) is 12.4 Å². The molecule has 3 aromatic carbocycles. The zero-order valence-corrected chi connectivity index (χ0v) is 16.0. The van der Waals surface area contributed by atoms with Crippen LogP contribution in [0.4, 0.5) is 5.69 Å². The molecule has 4 rings (SSSR count). The molecule has 0 aliphatic rings. The minimum atomic E-state index is -0.587. The number of anilines is 1. The third kappa shape index (κ3) is 3.58. The van der Waals surface area contributed by atoms with E-state index in [1.165, 1.54) is 19.2 Å². The summed E-state index contributed by atoms with van der Waals surface area (Å²) in [7, 11) is 1.30. The summed E-state index contributed by atoms with van der Waals surface area (Å²) >= 11 is 0. The van der Waals surface area contributed by atoms with Crippen LogP contribution in [0.5, 0.6) is 0 Å². The van der Waals surface area contributed by atoms with E-state index < -0.39 is 17.5 Å². The lowest BCUT2D eigenvalue weighted by atomic mass is 9.98. The van der Waals surface area contributed by atoms with E-state index >= 15 is 0 Å². The Kier molecular flexibility index (Phi) is 5.13. The maximum Gasteiger partial charge on any atom is 0.344 e. The number of benzene rings is 3. The number of rotatable bonds is 4. The number of fused-ring (bicyclic) bond motifs is 1. The Bertz CT molecular complexity index is 1290. The highest BCUT2D eigenvalue weighted by molar-refractivity contribution is 6.11. The highest BCUT2D eigenvalue weighted by Gasteiger charge is 2.21. The van der Waals surface area contributed by atoms with Crippen molar-refractivity contribution >= 4 is 28.3 Å². The molecule has 1 heterocycles. The van der Waals surface area contributed by atoms with Crippen molar-refractivity contribution < 1.29 is 18.7 Å². The first-order valence-electron chi connectivity index (χ1n) is 9.19. The molecule has 1 aromatic heterocycles. The van der Waals surface area contributed by atoms with E-state index in [2.05, 4.69) is 10.1 Å². The first-order chi connectivity index (χ1) is 14.6. The van der Waals surface area contributed by atoms with E-state index in [0.717, 1.165) is 5.56 Å². The molecule has 0 aliphatic carbocycles. The molecule has 0 bridgehead atoms. The molecule has 0 atom stereocenters. The lowest BCUT2D eigenvalue weighted by molar-refractivity contribution is 0.0600. The second-order valence-corrected chi connectivity index (χ2v) is 6.53. The lowest BCUT2D eigenvalue weighted by Gasteiger charge is -2.12. The third-order valence-corrected chi connectivity index (χ3v) is 4.67. The van der Waals surface area contributed by atoms with E-state index in [-0.39, 0.29) is 5.76 Å². The molecule has 6 heteroatoms. The summed E-state index contributed by atoms with van der Waals surface area (Å²) < 4.78 is 10.1. The number of esters is 1. The first kappa shape index (κ1) is 19.1. The van der Waals surface area contributed by atoms with E-state index in [4.69, 9.17) is 4.42 Å². The van der Waals surface area contributed by atoms with Crippen molar-refractivity contribution in [1.82, 2.24) is 0 Å². The fraction of sp³-hybridized carbons (Fsp3) is 0.0417. The summed E-state index contributed by atoms with van der Waals surface area (Å²) in [5.74, 6) is -1.12. The average Bonchev–Trinajstić information content (AvgIpc) is 2.79. The zero-order chi connectivity index (χ0) is 21.1. The number of hydrogen-bond donors (Lipinski definition) is 1. The van der Waals surface area contributed by atoms with Crippen molar-refractivity contribution in [3.05, 3.63) is 101 Å². The molecule has 0 saturated carbocycles. The zero-order valence-electron chi connectivity index (χ0n) is 16.0. The van der Waals surface area contributed by atoms with Gasteiger partial charge in [0.2, 0.25) is 5.76 Å². The van der Waals surface area contributed by atoms with Crippen molar-refractivity contribution in [3.63, 3.8) is 0 Å². The summed E-state index contributed by atoms with van der Waals surface area (Å²) in [5.41, 5.74) is 1.51. The molecular formula is C24H17NO5. The molecule has 4 aromatic rings. The molecule has 0 fully saturated rings. The molecular weight excluding hydrogens is 382 g/mol. The van der Waals surface area contributed by atoms with Crippen LogP contribution < -0.4 is 10.9 Å². The minimum Gasteiger partial charge on any atom is -0.465 e. The van der Waals surface area contributed by atoms with Crippen LogP contribution >= 0.6 is 0 Å². The summed E-state index contributed by atoms with van der Waals surface area (Å²) in [6, 6.07) is 22.5. The van der Waals surface area contributed by atoms with E-state index in [9.17, 15) is 14.4 Å². The summed E-state index contributed by atoms with van der Waals surface area (Å²) in [5, 5.41) is 3.75. The second-order valence-electron chi connectivity index (χ2n) is 6.53.